The van der Waals surface area contributed by atoms with Gasteiger partial charge in [0, 0.05) is 25.7 Å². The first-order chi connectivity index (χ1) is 53.7. The molecule has 110 heavy (non-hydrogen) atoms. The number of phosphoric ester groups is 2. The van der Waals surface area contributed by atoms with Gasteiger partial charge in [0.05, 0.1) is 26.4 Å². The van der Waals surface area contributed by atoms with Gasteiger partial charge in [0.25, 0.3) is 0 Å². The fourth-order valence-corrected chi connectivity index (χ4v) is 11.4. The number of hydrogen-bond acceptors (Lipinski definition) is 15. The van der Waals surface area contributed by atoms with Crippen LogP contribution in [-0.2, 0) is 65.4 Å². The Morgan fingerprint density at radius 1 is 0.255 bits per heavy atom. The molecule has 0 aromatic rings. The lowest BCUT2D eigenvalue weighted by atomic mass is 10.1. The van der Waals surface area contributed by atoms with E-state index in [1.807, 2.05) is 18.2 Å². The molecule has 5 atom stereocenters. The smallest absolute Gasteiger partial charge is 0.462 e. The number of ether oxygens (including phenoxy) is 4. The van der Waals surface area contributed by atoms with Crippen molar-refractivity contribution in [2.45, 2.75) is 290 Å². The quantitative estimate of drug-likeness (QED) is 0.0169. The molecular formula is C91H142O17P2. The van der Waals surface area contributed by atoms with Crippen molar-refractivity contribution in [2.24, 2.45) is 0 Å². The molecule has 0 aliphatic heterocycles. The molecule has 0 amide bonds. The SMILES string of the molecule is CC/C=C\C/C=C\C/C=C\C/C=C\C/C=C\C/C=C\CCC(=O)OCC(COP(=O)(O)OCC(O)COP(=O)(O)OCC(COC(=O)CCCCC/C=C\C/C=C\C/C=C\C/C=C\C/C=C\CC)OC(=O)CCCC/C=C\C/C=C\C/C=C\C/C=C\CC)OC(=O)CCCCCCCCC/C=C\C/C=C\C/C=C\CC. The number of phosphoric acid groups is 2. The van der Waals surface area contributed by atoms with Crippen molar-refractivity contribution in [2.75, 3.05) is 39.6 Å². The second kappa shape index (κ2) is 80.4. The summed E-state index contributed by atoms with van der Waals surface area (Å²) < 4.78 is 68.6. The van der Waals surface area contributed by atoms with Gasteiger partial charge in [-0.2, -0.15) is 0 Å². The van der Waals surface area contributed by atoms with Gasteiger partial charge in [0.15, 0.2) is 12.2 Å². The molecule has 0 aliphatic rings. The number of unbranched alkanes of at least 4 members (excludes halogenated alkanes) is 12. The molecule has 0 spiro atoms. The maximum Gasteiger partial charge on any atom is 0.472 e. The monoisotopic (exact) mass is 1570 g/mol. The number of aliphatic hydroxyl groups is 1. The molecule has 0 saturated carbocycles. The summed E-state index contributed by atoms with van der Waals surface area (Å²) in [5.74, 6) is -2.39. The van der Waals surface area contributed by atoms with Crippen LogP contribution in [0.25, 0.3) is 0 Å². The molecule has 0 aliphatic carbocycles. The van der Waals surface area contributed by atoms with E-state index in [9.17, 15) is 43.2 Å². The van der Waals surface area contributed by atoms with Gasteiger partial charge >= 0.3 is 39.5 Å². The van der Waals surface area contributed by atoms with Crippen LogP contribution in [0.15, 0.2) is 219 Å². The maximum atomic E-state index is 13.1. The van der Waals surface area contributed by atoms with Gasteiger partial charge in [-0.25, -0.2) is 9.13 Å². The average Bonchev–Trinajstić information content (AvgIpc) is 0.906. The average molecular weight is 1570 g/mol. The summed E-state index contributed by atoms with van der Waals surface area (Å²) in [6.07, 6.45) is 102. The minimum absolute atomic E-state index is 0.0233. The Kier molecular flexibility index (Phi) is 75.6. The Morgan fingerprint density at radius 2 is 0.464 bits per heavy atom. The van der Waals surface area contributed by atoms with E-state index < -0.39 is 97.5 Å². The molecule has 19 heteroatoms. The fourth-order valence-electron chi connectivity index (χ4n) is 9.86. The number of esters is 4. The van der Waals surface area contributed by atoms with Gasteiger partial charge in [-0.1, -0.05) is 285 Å². The summed E-state index contributed by atoms with van der Waals surface area (Å²) >= 11 is 0. The standard InChI is InChI=1S/C91H142O17P2/c1-5-9-13-17-21-25-29-33-37-40-42-45-48-51-55-59-63-67-71-75-88(93)101-81-86(107-90(95)77-73-69-65-61-57-53-47-36-32-28-24-20-16-12-8-4)83-105-109(97,98)103-79-85(92)80-104-110(99,100)106-84-87(108-91(96)78-74-70-66-62-58-54-50-44-39-35-31-27-23-19-15-11-7-3)82-102-89(94)76-72-68-64-60-56-52-49-46-43-41-38-34-30-26-22-18-14-10-6-2/h9-16,21-28,33-39,42-43,45-47,51-52,55-57,61,64,68,85-87,92H,5-8,17-20,29-32,40-41,44,48-50,53-54,58-60,62-63,65-67,69-84H2,1-4H3,(H,97,98)(H,99,100)/b13-9-,14-10-,15-11-,16-12-,25-21-,26-22-,27-23-,28-24-,37-33-,38-34-,39-35-,45-42-,46-43-,47-36-,55-51-,56-52-,61-57-,68-64-. The lowest BCUT2D eigenvalue weighted by Gasteiger charge is -2.21. The number of aliphatic hydroxyl groups excluding tert-OH is 1. The number of rotatable bonds is 74. The van der Waals surface area contributed by atoms with E-state index in [1.165, 1.54) is 0 Å². The van der Waals surface area contributed by atoms with Crippen LogP contribution in [-0.4, -0.2) is 96.7 Å². The van der Waals surface area contributed by atoms with E-state index in [0.29, 0.717) is 38.5 Å². The van der Waals surface area contributed by atoms with Crippen LogP contribution in [0, 0.1) is 0 Å². The van der Waals surface area contributed by atoms with E-state index in [-0.39, 0.29) is 25.7 Å². The first-order valence-corrected chi connectivity index (χ1v) is 44.0. The van der Waals surface area contributed by atoms with E-state index in [1.54, 1.807) is 0 Å². The van der Waals surface area contributed by atoms with Crippen molar-refractivity contribution in [3.63, 3.8) is 0 Å². The van der Waals surface area contributed by atoms with Crippen molar-refractivity contribution in [1.82, 2.24) is 0 Å². The van der Waals surface area contributed by atoms with Crippen LogP contribution in [0.3, 0.4) is 0 Å². The van der Waals surface area contributed by atoms with Gasteiger partial charge in [-0.15, -0.1) is 0 Å². The van der Waals surface area contributed by atoms with Crippen molar-refractivity contribution >= 4 is 39.5 Å². The van der Waals surface area contributed by atoms with Gasteiger partial charge in [-0.05, 0) is 180 Å². The first kappa shape index (κ1) is 103. The van der Waals surface area contributed by atoms with Crippen molar-refractivity contribution in [3.8, 4) is 0 Å². The lowest BCUT2D eigenvalue weighted by molar-refractivity contribution is -0.161. The Labute approximate surface area is 664 Å². The fraction of sp³-hybridized carbons (Fsp3) is 0.560. The molecule has 0 fully saturated rings. The molecule has 0 saturated heterocycles. The Bertz CT molecular complexity index is 2950. The van der Waals surface area contributed by atoms with Crippen molar-refractivity contribution in [3.05, 3.63) is 219 Å². The van der Waals surface area contributed by atoms with Crippen LogP contribution in [0.1, 0.15) is 272 Å². The summed E-state index contributed by atoms with van der Waals surface area (Å²) in [4.78, 5) is 73.1. The third-order valence-electron chi connectivity index (χ3n) is 15.9. The second-order valence-corrected chi connectivity index (χ2v) is 29.1. The summed E-state index contributed by atoms with van der Waals surface area (Å²) in [5, 5.41) is 10.7. The summed E-state index contributed by atoms with van der Waals surface area (Å²) in [5.41, 5.74) is 0. The van der Waals surface area contributed by atoms with E-state index in [2.05, 4.69) is 228 Å². The number of carbonyl (C=O) groups excluding carboxylic acids is 4. The van der Waals surface area contributed by atoms with Crippen molar-refractivity contribution in [1.29, 1.82) is 0 Å². The normalized spacial score (nSPS) is 14.9. The molecule has 0 rings (SSSR count). The zero-order chi connectivity index (χ0) is 80.3. The highest BCUT2D eigenvalue weighted by molar-refractivity contribution is 7.47. The van der Waals surface area contributed by atoms with E-state index in [4.69, 9.17) is 37.0 Å². The molecule has 17 nitrogen and oxygen atoms in total. The topological polar surface area (TPSA) is 237 Å². The molecule has 3 N–H and O–H groups in total. The Balaban J connectivity index is 5.54. The van der Waals surface area contributed by atoms with Crippen LogP contribution in [0.4, 0.5) is 0 Å². The molecule has 0 bridgehead atoms. The summed E-state index contributed by atoms with van der Waals surface area (Å²) in [7, 11) is -10.0. The van der Waals surface area contributed by atoms with Gasteiger partial charge in [0.1, 0.15) is 19.3 Å². The zero-order valence-corrected chi connectivity index (χ0v) is 69.4. The molecule has 618 valence electrons. The van der Waals surface area contributed by atoms with Gasteiger partial charge < -0.3 is 33.8 Å². The number of hydrogen-bond donors (Lipinski definition) is 3. The number of allylic oxidation sites excluding steroid dienone is 36. The predicted octanol–water partition coefficient (Wildman–Crippen LogP) is 24.4. The molecule has 0 heterocycles. The van der Waals surface area contributed by atoms with Crippen LogP contribution in [0.5, 0.6) is 0 Å². The van der Waals surface area contributed by atoms with Crippen LogP contribution < -0.4 is 0 Å². The molecule has 0 aromatic heterocycles. The third-order valence-corrected chi connectivity index (χ3v) is 17.8. The third kappa shape index (κ3) is 79.5. The van der Waals surface area contributed by atoms with Gasteiger partial charge in [-0.3, -0.25) is 37.3 Å². The maximum absolute atomic E-state index is 13.1. The second-order valence-electron chi connectivity index (χ2n) is 26.2. The largest absolute Gasteiger partial charge is 0.472 e. The highest BCUT2D eigenvalue weighted by Gasteiger charge is 2.30. The van der Waals surface area contributed by atoms with E-state index in [0.717, 1.165) is 180 Å². The van der Waals surface area contributed by atoms with Crippen LogP contribution in [0.2, 0.25) is 0 Å². The molecule has 0 radical (unpaired) electrons. The number of carbonyl (C=O) groups is 4. The minimum atomic E-state index is -5.02. The van der Waals surface area contributed by atoms with E-state index >= 15 is 0 Å². The molecule has 0 aromatic carbocycles. The minimum Gasteiger partial charge on any atom is -0.462 e. The zero-order valence-electron chi connectivity index (χ0n) is 67.6. The van der Waals surface area contributed by atoms with Crippen LogP contribution >= 0.6 is 15.6 Å². The Hall–Kier alpha value is -6.62. The Morgan fingerprint density at radius 3 is 0.764 bits per heavy atom. The predicted molar refractivity (Wildman–Crippen MR) is 454 cm³/mol. The highest BCUT2D eigenvalue weighted by atomic mass is 31.2. The highest BCUT2D eigenvalue weighted by Crippen LogP contribution is 2.45. The lowest BCUT2D eigenvalue weighted by Crippen LogP contribution is -2.30. The van der Waals surface area contributed by atoms with Gasteiger partial charge in [0.2, 0.25) is 0 Å². The molecule has 5 unspecified atom stereocenters. The molecular weight excluding hydrogens is 1430 g/mol. The van der Waals surface area contributed by atoms with Crippen molar-refractivity contribution < 1.29 is 80.2 Å². The first-order valence-electron chi connectivity index (χ1n) is 41.0. The summed E-state index contributed by atoms with van der Waals surface area (Å²) in [6.45, 7) is 4.21. The summed E-state index contributed by atoms with van der Waals surface area (Å²) in [6, 6.07) is 0.